The molecule has 0 bridgehead atoms. The Kier molecular flexibility index (Phi) is 4.89. The maximum Gasteiger partial charge on any atom is 0.187 e. The van der Waals surface area contributed by atoms with Gasteiger partial charge in [0.05, 0.1) is 12.1 Å². The highest BCUT2D eigenvalue weighted by molar-refractivity contribution is 6.37. The van der Waals surface area contributed by atoms with Crippen molar-refractivity contribution in [2.45, 2.75) is 0 Å². The van der Waals surface area contributed by atoms with Gasteiger partial charge in [0.2, 0.25) is 0 Å². The number of para-hydroxylation sites is 1. The largest absolute Gasteiger partial charge is 0.504 e. The number of halogens is 2. The SMILES string of the molecule is COc1cccc(/C=C/C(=O)c2ccc(Cl)cc2Cl)c1O. The van der Waals surface area contributed by atoms with Crippen molar-refractivity contribution in [1.29, 1.82) is 0 Å². The fraction of sp³-hybridized carbons (Fsp3) is 0.0625. The molecule has 5 heteroatoms. The van der Waals surface area contributed by atoms with Crippen LogP contribution in [0.3, 0.4) is 0 Å². The first-order valence-electron chi connectivity index (χ1n) is 6.06. The number of phenolic OH excluding ortho intramolecular Hbond substituents is 1. The van der Waals surface area contributed by atoms with Gasteiger partial charge < -0.3 is 9.84 Å². The van der Waals surface area contributed by atoms with Crippen molar-refractivity contribution >= 4 is 35.1 Å². The number of allylic oxidation sites excluding steroid dienone is 1. The zero-order valence-electron chi connectivity index (χ0n) is 11.1. The van der Waals surface area contributed by atoms with Gasteiger partial charge in [-0.05, 0) is 36.4 Å². The number of hydrogen-bond donors (Lipinski definition) is 1. The van der Waals surface area contributed by atoms with E-state index in [9.17, 15) is 9.90 Å². The van der Waals surface area contributed by atoms with Gasteiger partial charge in [-0.25, -0.2) is 0 Å². The first-order valence-corrected chi connectivity index (χ1v) is 6.82. The molecule has 2 aromatic carbocycles. The second-order valence-electron chi connectivity index (χ2n) is 4.22. The monoisotopic (exact) mass is 322 g/mol. The molecule has 0 amide bonds. The smallest absolute Gasteiger partial charge is 0.187 e. The molecule has 0 aliphatic heterocycles. The van der Waals surface area contributed by atoms with Gasteiger partial charge in [-0.2, -0.15) is 0 Å². The lowest BCUT2D eigenvalue weighted by molar-refractivity contribution is 0.104. The second-order valence-corrected chi connectivity index (χ2v) is 5.06. The molecule has 21 heavy (non-hydrogen) atoms. The topological polar surface area (TPSA) is 46.5 Å². The molecule has 0 aliphatic rings. The Morgan fingerprint density at radius 1 is 1.24 bits per heavy atom. The number of benzene rings is 2. The summed E-state index contributed by atoms with van der Waals surface area (Å²) in [5.41, 5.74) is 0.826. The predicted molar refractivity (Wildman–Crippen MR) is 84.5 cm³/mol. The fourth-order valence-corrected chi connectivity index (χ4v) is 2.28. The van der Waals surface area contributed by atoms with Crippen molar-refractivity contribution in [2.75, 3.05) is 7.11 Å². The molecule has 1 N–H and O–H groups in total. The molecule has 0 aromatic heterocycles. The third-order valence-corrected chi connectivity index (χ3v) is 3.41. The van der Waals surface area contributed by atoms with Gasteiger partial charge in [0.25, 0.3) is 0 Å². The van der Waals surface area contributed by atoms with Gasteiger partial charge in [-0.3, -0.25) is 4.79 Å². The van der Waals surface area contributed by atoms with Gasteiger partial charge >= 0.3 is 0 Å². The molecule has 0 heterocycles. The maximum atomic E-state index is 12.1. The summed E-state index contributed by atoms with van der Waals surface area (Å²) in [6, 6.07) is 9.68. The van der Waals surface area contributed by atoms with Crippen LogP contribution in [0.2, 0.25) is 10.0 Å². The molecule has 0 saturated carbocycles. The molecule has 2 rings (SSSR count). The summed E-state index contributed by atoms with van der Waals surface area (Å²) in [5, 5.41) is 10.7. The number of phenols is 1. The molecule has 0 aliphatic carbocycles. The van der Waals surface area contributed by atoms with E-state index >= 15 is 0 Å². The number of methoxy groups -OCH3 is 1. The van der Waals surface area contributed by atoms with Crippen LogP contribution in [-0.2, 0) is 0 Å². The Morgan fingerprint density at radius 2 is 2.00 bits per heavy atom. The van der Waals surface area contributed by atoms with Crippen LogP contribution in [0.25, 0.3) is 6.08 Å². The van der Waals surface area contributed by atoms with Crippen LogP contribution in [0.5, 0.6) is 11.5 Å². The van der Waals surface area contributed by atoms with E-state index in [4.69, 9.17) is 27.9 Å². The van der Waals surface area contributed by atoms with Crippen molar-refractivity contribution < 1.29 is 14.6 Å². The van der Waals surface area contributed by atoms with Crippen LogP contribution in [0.15, 0.2) is 42.5 Å². The van der Waals surface area contributed by atoms with E-state index < -0.39 is 0 Å². The minimum Gasteiger partial charge on any atom is -0.504 e. The van der Waals surface area contributed by atoms with Gasteiger partial charge in [0.1, 0.15) is 0 Å². The molecule has 108 valence electrons. The molecule has 0 radical (unpaired) electrons. The summed E-state index contributed by atoms with van der Waals surface area (Å²) < 4.78 is 5.00. The van der Waals surface area contributed by atoms with Crippen LogP contribution in [0.1, 0.15) is 15.9 Å². The van der Waals surface area contributed by atoms with Crippen molar-refractivity contribution in [1.82, 2.24) is 0 Å². The van der Waals surface area contributed by atoms with E-state index in [-0.39, 0.29) is 16.6 Å². The summed E-state index contributed by atoms with van der Waals surface area (Å²) in [5.74, 6) is 0.0410. The van der Waals surface area contributed by atoms with Crippen molar-refractivity contribution in [2.24, 2.45) is 0 Å². The summed E-state index contributed by atoms with van der Waals surface area (Å²) in [6.07, 6.45) is 2.84. The summed E-state index contributed by atoms with van der Waals surface area (Å²) in [4.78, 5) is 12.1. The van der Waals surface area contributed by atoms with Gasteiger partial charge in [-0.1, -0.05) is 35.3 Å². The van der Waals surface area contributed by atoms with E-state index in [1.165, 1.54) is 25.3 Å². The Labute approximate surface area is 132 Å². The zero-order chi connectivity index (χ0) is 15.4. The van der Waals surface area contributed by atoms with Crippen LogP contribution in [0, 0.1) is 0 Å². The number of aromatic hydroxyl groups is 1. The summed E-state index contributed by atoms with van der Waals surface area (Å²) in [7, 11) is 1.46. The van der Waals surface area contributed by atoms with Gasteiger partial charge in [-0.15, -0.1) is 0 Å². The van der Waals surface area contributed by atoms with E-state index in [0.29, 0.717) is 21.9 Å². The van der Waals surface area contributed by atoms with E-state index in [0.717, 1.165) is 0 Å². The predicted octanol–water partition coefficient (Wildman–Crippen LogP) is 4.60. The quantitative estimate of drug-likeness (QED) is 0.660. The van der Waals surface area contributed by atoms with Gasteiger partial charge in [0.15, 0.2) is 17.3 Å². The Balaban J connectivity index is 2.27. The highest BCUT2D eigenvalue weighted by Gasteiger charge is 2.09. The molecule has 3 nitrogen and oxygen atoms in total. The average molecular weight is 323 g/mol. The average Bonchev–Trinajstić information content (AvgIpc) is 2.46. The molecule has 0 atom stereocenters. The Bertz CT molecular complexity index is 709. The number of ketones is 1. The summed E-state index contributed by atoms with van der Waals surface area (Å²) >= 11 is 11.8. The van der Waals surface area contributed by atoms with Crippen LogP contribution >= 0.6 is 23.2 Å². The van der Waals surface area contributed by atoms with E-state index in [1.54, 1.807) is 30.3 Å². The molecule has 0 fully saturated rings. The first kappa shape index (κ1) is 15.4. The standard InChI is InChI=1S/C16H12Cl2O3/c1-21-15-4-2-3-10(16(15)20)5-8-14(19)12-7-6-11(17)9-13(12)18/h2-9,20H,1H3/b8-5+. The number of carbonyl (C=O) groups is 1. The Morgan fingerprint density at radius 3 is 2.67 bits per heavy atom. The highest BCUT2D eigenvalue weighted by Crippen LogP contribution is 2.30. The third kappa shape index (κ3) is 3.57. The number of rotatable bonds is 4. The van der Waals surface area contributed by atoms with Crippen LogP contribution in [-0.4, -0.2) is 18.0 Å². The lowest BCUT2D eigenvalue weighted by atomic mass is 10.1. The van der Waals surface area contributed by atoms with Crippen molar-refractivity contribution in [3.05, 3.63) is 63.6 Å². The zero-order valence-corrected chi connectivity index (χ0v) is 12.7. The fourth-order valence-electron chi connectivity index (χ4n) is 1.78. The lowest BCUT2D eigenvalue weighted by Gasteiger charge is -2.05. The molecule has 0 spiro atoms. The molecular weight excluding hydrogens is 311 g/mol. The normalized spacial score (nSPS) is 10.8. The minimum absolute atomic E-state index is 0.0220. The highest BCUT2D eigenvalue weighted by atomic mass is 35.5. The summed E-state index contributed by atoms with van der Waals surface area (Å²) in [6.45, 7) is 0. The Hall–Kier alpha value is -1.97. The van der Waals surface area contributed by atoms with Crippen LogP contribution in [0.4, 0.5) is 0 Å². The molecule has 0 unspecified atom stereocenters. The van der Waals surface area contributed by atoms with Crippen molar-refractivity contribution in [3.8, 4) is 11.5 Å². The van der Waals surface area contributed by atoms with Gasteiger partial charge in [0, 0.05) is 16.1 Å². The maximum absolute atomic E-state index is 12.1. The molecule has 0 saturated heterocycles. The van der Waals surface area contributed by atoms with Crippen molar-refractivity contribution in [3.63, 3.8) is 0 Å². The first-order chi connectivity index (χ1) is 10.0. The third-order valence-electron chi connectivity index (χ3n) is 2.86. The van der Waals surface area contributed by atoms with Crippen LogP contribution < -0.4 is 4.74 Å². The van der Waals surface area contributed by atoms with E-state index in [1.807, 2.05) is 0 Å². The second kappa shape index (κ2) is 6.66. The number of hydrogen-bond acceptors (Lipinski definition) is 3. The lowest BCUT2D eigenvalue weighted by Crippen LogP contribution is -1.95. The number of carbonyl (C=O) groups excluding carboxylic acids is 1. The number of ether oxygens (including phenoxy) is 1. The van der Waals surface area contributed by atoms with E-state index in [2.05, 4.69) is 0 Å². The minimum atomic E-state index is -0.279. The molecular formula is C16H12Cl2O3. The molecule has 2 aromatic rings.